The highest BCUT2D eigenvalue weighted by molar-refractivity contribution is 5.96. The first-order valence-electron chi connectivity index (χ1n) is 12.8. The second-order valence-electron chi connectivity index (χ2n) is 8.99. The van der Waals surface area contributed by atoms with Crippen molar-refractivity contribution in [1.29, 1.82) is 0 Å². The zero-order valence-electron chi connectivity index (χ0n) is 24.2. The van der Waals surface area contributed by atoms with Crippen molar-refractivity contribution >= 4 is 24.0 Å². The molecule has 214 valence electrons. The SMILES string of the molecule is CC.CC(C)C[C@H](NC(=O)CNC=O)C(=O)C1(C)CO1.CCC.COCC(C)NC(=O)c1cc(C)on1. The van der Waals surface area contributed by atoms with Gasteiger partial charge in [-0.05, 0) is 33.1 Å². The minimum absolute atomic E-state index is 0.0375. The number of nitrogens with zero attached hydrogens (tertiary/aromatic N) is 1. The quantitative estimate of drug-likeness (QED) is 0.277. The number of ether oxygens (including phenoxy) is 2. The fraction of sp³-hybridized carbons (Fsp3) is 0.731. The number of nitrogens with one attached hydrogen (secondary N) is 3. The first-order chi connectivity index (χ1) is 17.4. The van der Waals surface area contributed by atoms with E-state index in [1.807, 2.05) is 34.6 Å². The Morgan fingerprint density at radius 3 is 2.16 bits per heavy atom. The maximum absolute atomic E-state index is 12.1. The average molecular weight is 529 g/mol. The number of amides is 3. The summed E-state index contributed by atoms with van der Waals surface area (Å²) < 4.78 is 14.8. The lowest BCUT2D eigenvalue weighted by Crippen LogP contribution is -2.48. The van der Waals surface area contributed by atoms with Crippen molar-refractivity contribution in [2.45, 2.75) is 92.8 Å². The van der Waals surface area contributed by atoms with Gasteiger partial charge in [0.2, 0.25) is 12.3 Å². The molecule has 2 heterocycles. The molecule has 0 bridgehead atoms. The van der Waals surface area contributed by atoms with Crippen LogP contribution >= 0.6 is 0 Å². The smallest absolute Gasteiger partial charge is 0.273 e. The van der Waals surface area contributed by atoms with Gasteiger partial charge in [-0.1, -0.05) is 53.1 Å². The number of Topliss-reactive ketones (excluding diaryl/α,β-unsaturated/α-hetero) is 1. The Morgan fingerprint density at radius 2 is 1.76 bits per heavy atom. The first kappa shape index (κ1) is 36.4. The summed E-state index contributed by atoms with van der Waals surface area (Å²) in [7, 11) is 1.59. The summed E-state index contributed by atoms with van der Waals surface area (Å²) in [5, 5.41) is 11.2. The van der Waals surface area contributed by atoms with Crippen LogP contribution in [0.25, 0.3) is 0 Å². The van der Waals surface area contributed by atoms with Crippen molar-refractivity contribution in [2.75, 3.05) is 26.9 Å². The van der Waals surface area contributed by atoms with Crippen LogP contribution in [-0.4, -0.2) is 73.7 Å². The Balaban J connectivity index is 0. The van der Waals surface area contributed by atoms with Gasteiger partial charge in [0.15, 0.2) is 11.5 Å². The van der Waals surface area contributed by atoms with Crippen LogP contribution in [0.4, 0.5) is 0 Å². The molecule has 2 rings (SSSR count). The van der Waals surface area contributed by atoms with Gasteiger partial charge in [-0.2, -0.15) is 0 Å². The molecular formula is C26H48N4O7. The largest absolute Gasteiger partial charge is 0.383 e. The van der Waals surface area contributed by atoms with Crippen LogP contribution in [0, 0.1) is 12.8 Å². The number of rotatable bonds is 12. The molecule has 1 aliphatic rings. The van der Waals surface area contributed by atoms with Crippen LogP contribution in [0.5, 0.6) is 0 Å². The number of hydrogen-bond donors (Lipinski definition) is 3. The predicted octanol–water partition coefficient (Wildman–Crippen LogP) is 2.81. The molecule has 11 heteroatoms. The number of methoxy groups -OCH3 is 1. The zero-order valence-corrected chi connectivity index (χ0v) is 24.2. The van der Waals surface area contributed by atoms with Crippen LogP contribution in [0.2, 0.25) is 0 Å². The number of carbonyl (C=O) groups excluding carboxylic acids is 4. The molecule has 1 aromatic heterocycles. The molecule has 0 spiro atoms. The van der Waals surface area contributed by atoms with Crippen molar-refractivity contribution in [3.63, 3.8) is 0 Å². The molecule has 11 nitrogen and oxygen atoms in total. The lowest BCUT2D eigenvalue weighted by atomic mass is 9.93. The van der Waals surface area contributed by atoms with E-state index in [1.54, 1.807) is 27.0 Å². The normalized spacial score (nSPS) is 16.7. The van der Waals surface area contributed by atoms with Crippen molar-refractivity contribution in [3.05, 3.63) is 17.5 Å². The molecule has 0 aliphatic carbocycles. The number of hydrogen-bond acceptors (Lipinski definition) is 8. The maximum atomic E-state index is 12.1. The van der Waals surface area contributed by atoms with E-state index >= 15 is 0 Å². The van der Waals surface area contributed by atoms with Crippen LogP contribution < -0.4 is 16.0 Å². The second-order valence-corrected chi connectivity index (χ2v) is 8.99. The third kappa shape index (κ3) is 16.6. The highest BCUT2D eigenvalue weighted by atomic mass is 16.6. The lowest BCUT2D eigenvalue weighted by molar-refractivity contribution is -0.130. The summed E-state index contributed by atoms with van der Waals surface area (Å²) >= 11 is 0. The predicted molar refractivity (Wildman–Crippen MR) is 142 cm³/mol. The highest BCUT2D eigenvalue weighted by Gasteiger charge is 2.50. The Bertz CT molecular complexity index is 792. The van der Waals surface area contributed by atoms with Crippen molar-refractivity contribution in [3.8, 4) is 0 Å². The lowest BCUT2D eigenvalue weighted by Gasteiger charge is -2.21. The van der Waals surface area contributed by atoms with Gasteiger partial charge in [0.25, 0.3) is 5.91 Å². The van der Waals surface area contributed by atoms with Crippen LogP contribution in [0.3, 0.4) is 0 Å². The molecule has 2 unspecified atom stereocenters. The number of ketones is 1. The molecular weight excluding hydrogens is 480 g/mol. The monoisotopic (exact) mass is 528 g/mol. The van der Waals surface area contributed by atoms with Gasteiger partial charge in [0, 0.05) is 19.2 Å². The molecule has 0 saturated carbocycles. The van der Waals surface area contributed by atoms with Gasteiger partial charge in [-0.3, -0.25) is 19.2 Å². The van der Waals surface area contributed by atoms with Crippen molar-refractivity contribution < 1.29 is 33.2 Å². The van der Waals surface area contributed by atoms with E-state index in [9.17, 15) is 19.2 Å². The summed E-state index contributed by atoms with van der Waals surface area (Å²) in [4.78, 5) is 45.2. The van der Waals surface area contributed by atoms with Crippen LogP contribution in [0.15, 0.2) is 10.6 Å². The van der Waals surface area contributed by atoms with E-state index in [2.05, 4.69) is 35.0 Å². The topological polar surface area (TPSA) is 152 Å². The maximum Gasteiger partial charge on any atom is 0.273 e. The van der Waals surface area contributed by atoms with Crippen molar-refractivity contribution in [2.24, 2.45) is 5.92 Å². The van der Waals surface area contributed by atoms with Gasteiger partial charge in [-0.15, -0.1) is 0 Å². The Hall–Kier alpha value is -2.79. The van der Waals surface area contributed by atoms with Gasteiger partial charge in [0.05, 0.1) is 25.8 Å². The molecule has 1 aromatic rings. The Labute approximate surface area is 221 Å². The number of aryl methyl sites for hydroxylation is 1. The molecule has 1 fully saturated rings. The Kier molecular flexibility index (Phi) is 19.9. The molecule has 3 amide bonds. The van der Waals surface area contributed by atoms with E-state index in [4.69, 9.17) is 14.0 Å². The van der Waals surface area contributed by atoms with E-state index in [0.29, 0.717) is 37.5 Å². The minimum atomic E-state index is -0.745. The van der Waals surface area contributed by atoms with Crippen LogP contribution in [0.1, 0.15) is 84.5 Å². The second kappa shape index (κ2) is 20.3. The highest BCUT2D eigenvalue weighted by Crippen LogP contribution is 2.29. The summed E-state index contributed by atoms with van der Waals surface area (Å²) in [6, 6.07) is 0.998. The fourth-order valence-corrected chi connectivity index (χ4v) is 2.76. The first-order valence-corrected chi connectivity index (χ1v) is 12.8. The summed E-state index contributed by atoms with van der Waals surface area (Å²) in [5.74, 6) is 0.183. The summed E-state index contributed by atoms with van der Waals surface area (Å²) in [6.07, 6.45) is 2.26. The molecule has 37 heavy (non-hydrogen) atoms. The van der Waals surface area contributed by atoms with Crippen LogP contribution in [-0.2, 0) is 23.9 Å². The minimum Gasteiger partial charge on any atom is -0.383 e. The molecule has 3 N–H and O–H groups in total. The molecule has 1 saturated heterocycles. The fourth-order valence-electron chi connectivity index (χ4n) is 2.76. The van der Waals surface area contributed by atoms with Gasteiger partial charge < -0.3 is 29.9 Å². The van der Waals surface area contributed by atoms with Gasteiger partial charge in [-0.25, -0.2) is 0 Å². The standard InChI is InChI=1S/C12H20N2O4.C9H14N2O3.C3H8.C2H6/c1-8(2)4-9(11(17)12(3)6-18-12)14-10(16)5-13-7-15;1-6(5-13-3)10-9(12)8-4-7(2)14-11-8;1-3-2;1-2/h7-9H,4-6H2,1-3H3,(H,13,15)(H,14,16);4,6H,5H2,1-3H3,(H,10,12);3H2,1-2H3;1-2H3/t9-,12?;;;/m0.../s1. The number of epoxide rings is 1. The Morgan fingerprint density at radius 1 is 1.19 bits per heavy atom. The van der Waals surface area contributed by atoms with E-state index in [-0.39, 0.29) is 36.1 Å². The van der Waals surface area contributed by atoms with E-state index in [0.717, 1.165) is 0 Å². The molecule has 1 aliphatic heterocycles. The van der Waals surface area contributed by atoms with E-state index in [1.165, 1.54) is 6.42 Å². The zero-order chi connectivity index (χ0) is 29.0. The number of carbonyl (C=O) groups is 4. The van der Waals surface area contributed by atoms with Gasteiger partial charge in [0.1, 0.15) is 11.4 Å². The molecule has 0 aromatic carbocycles. The van der Waals surface area contributed by atoms with Crippen molar-refractivity contribution in [1.82, 2.24) is 21.1 Å². The van der Waals surface area contributed by atoms with Gasteiger partial charge >= 0.3 is 0 Å². The molecule has 3 atom stereocenters. The third-order valence-corrected chi connectivity index (χ3v) is 4.46. The third-order valence-electron chi connectivity index (χ3n) is 4.46. The molecule has 0 radical (unpaired) electrons. The average Bonchev–Trinajstić information content (AvgIpc) is 3.44. The summed E-state index contributed by atoms with van der Waals surface area (Å²) in [5.41, 5.74) is -0.448. The number of aromatic nitrogens is 1. The van der Waals surface area contributed by atoms with E-state index < -0.39 is 11.6 Å². The summed E-state index contributed by atoms with van der Waals surface area (Å²) in [6.45, 7) is 18.3.